The summed E-state index contributed by atoms with van der Waals surface area (Å²) >= 11 is 0. The maximum Gasteiger partial charge on any atom is 0.253 e. The van der Waals surface area contributed by atoms with Crippen molar-refractivity contribution in [3.8, 4) is 0 Å². The molecule has 0 aromatic heterocycles. The van der Waals surface area contributed by atoms with Crippen LogP contribution < -0.4 is 0 Å². The second-order valence-corrected chi connectivity index (χ2v) is 7.59. The number of hydrogen-bond acceptors (Lipinski definition) is 6. The van der Waals surface area contributed by atoms with Crippen molar-refractivity contribution < 1.29 is 29.3 Å². The largest absolute Gasteiger partial charge is 0.388 e. The van der Waals surface area contributed by atoms with Crippen molar-refractivity contribution in [2.45, 2.75) is 44.5 Å². The Morgan fingerprint density at radius 2 is 1.70 bits per heavy atom. The molecule has 2 N–H and O–H groups in total. The van der Waals surface area contributed by atoms with E-state index in [2.05, 4.69) is 0 Å². The van der Waals surface area contributed by atoms with Crippen LogP contribution in [0, 0.1) is 0 Å². The van der Waals surface area contributed by atoms with Crippen molar-refractivity contribution in [1.29, 1.82) is 0 Å². The molecular formula is C22H34N2O6. The van der Waals surface area contributed by atoms with Crippen molar-refractivity contribution in [3.63, 3.8) is 0 Å². The van der Waals surface area contributed by atoms with E-state index < -0.39 is 18.3 Å². The molecule has 1 fully saturated rings. The molecule has 0 bridgehead atoms. The molecule has 1 aromatic rings. The third kappa shape index (κ3) is 7.36. The van der Waals surface area contributed by atoms with Gasteiger partial charge in [-0.3, -0.25) is 9.59 Å². The van der Waals surface area contributed by atoms with E-state index >= 15 is 0 Å². The number of hydrogen-bond donors (Lipinski definition) is 2. The number of benzene rings is 1. The predicted octanol–water partition coefficient (Wildman–Crippen LogP) is 0.915. The number of nitrogens with zero attached hydrogens (tertiary/aromatic N) is 2. The Hall–Kier alpha value is -2.00. The summed E-state index contributed by atoms with van der Waals surface area (Å²) in [6.07, 6.45) is -0.921. The Labute approximate surface area is 178 Å². The zero-order chi connectivity index (χ0) is 21.9. The Bertz CT molecular complexity index is 656. The minimum Gasteiger partial charge on any atom is -0.388 e. The van der Waals surface area contributed by atoms with E-state index in [-0.39, 0.29) is 25.0 Å². The summed E-state index contributed by atoms with van der Waals surface area (Å²) in [6.45, 7) is 3.54. The van der Waals surface area contributed by atoms with Crippen LogP contribution in [0.5, 0.6) is 0 Å². The number of methoxy groups -OCH3 is 1. The molecule has 30 heavy (non-hydrogen) atoms. The third-order valence-corrected chi connectivity index (χ3v) is 5.34. The van der Waals surface area contributed by atoms with Crippen molar-refractivity contribution in [1.82, 2.24) is 9.80 Å². The summed E-state index contributed by atoms with van der Waals surface area (Å²) in [5.74, 6) is -0.184. The summed E-state index contributed by atoms with van der Waals surface area (Å²) in [5, 5.41) is 20.6. The van der Waals surface area contributed by atoms with E-state index in [0.717, 1.165) is 12.8 Å². The van der Waals surface area contributed by atoms with E-state index in [4.69, 9.17) is 9.47 Å². The molecule has 1 heterocycles. The Morgan fingerprint density at radius 1 is 1.03 bits per heavy atom. The summed E-state index contributed by atoms with van der Waals surface area (Å²) in [5.41, 5.74) is 0.640. The third-order valence-electron chi connectivity index (χ3n) is 5.34. The predicted molar refractivity (Wildman–Crippen MR) is 112 cm³/mol. The van der Waals surface area contributed by atoms with Gasteiger partial charge in [0.15, 0.2) is 0 Å². The molecule has 0 unspecified atom stereocenters. The fourth-order valence-corrected chi connectivity index (χ4v) is 3.50. The van der Waals surface area contributed by atoms with Gasteiger partial charge in [-0.1, -0.05) is 18.2 Å². The highest BCUT2D eigenvalue weighted by Gasteiger charge is 2.29. The molecule has 1 aliphatic rings. The molecular weight excluding hydrogens is 388 g/mol. The number of carbonyl (C=O) groups is 2. The lowest BCUT2D eigenvalue weighted by Crippen LogP contribution is -2.48. The van der Waals surface area contributed by atoms with Crippen molar-refractivity contribution in [3.05, 3.63) is 35.9 Å². The van der Waals surface area contributed by atoms with Gasteiger partial charge in [0.1, 0.15) is 18.3 Å². The van der Waals surface area contributed by atoms with Gasteiger partial charge in [-0.05, 0) is 31.4 Å². The average Bonchev–Trinajstić information content (AvgIpc) is 2.76. The average molecular weight is 423 g/mol. The monoisotopic (exact) mass is 422 g/mol. The topological polar surface area (TPSA) is 99.5 Å². The fourth-order valence-electron chi connectivity index (χ4n) is 3.50. The lowest BCUT2D eigenvalue weighted by atomic mass is 10.1. The van der Waals surface area contributed by atoms with Gasteiger partial charge in [0.2, 0.25) is 5.91 Å². The molecule has 2 amide bonds. The molecule has 1 saturated heterocycles. The van der Waals surface area contributed by atoms with Crippen LogP contribution in [0.4, 0.5) is 0 Å². The minimum atomic E-state index is -1.17. The molecule has 0 aliphatic carbocycles. The normalized spacial score (nSPS) is 25.3. The first-order valence-corrected chi connectivity index (χ1v) is 10.5. The molecule has 0 radical (unpaired) electrons. The highest BCUT2D eigenvalue weighted by molar-refractivity contribution is 5.94. The molecule has 1 aliphatic heterocycles. The number of ether oxygens (including phenoxy) is 2. The van der Waals surface area contributed by atoms with Crippen LogP contribution in [0.15, 0.2) is 30.3 Å². The number of aliphatic hydroxyl groups is 2. The number of carbonyl (C=O) groups excluding carboxylic acids is 2. The van der Waals surface area contributed by atoms with Gasteiger partial charge in [-0.15, -0.1) is 0 Å². The van der Waals surface area contributed by atoms with Crippen LogP contribution in [0.25, 0.3) is 0 Å². The van der Waals surface area contributed by atoms with Gasteiger partial charge >= 0.3 is 0 Å². The smallest absolute Gasteiger partial charge is 0.253 e. The van der Waals surface area contributed by atoms with E-state index in [1.165, 1.54) is 14.0 Å². The standard InChI is InChI=1S/C22H34N2O6/c1-17(25)24-13-8-12-23(22(28)18-9-4-3-5-10-18)11-6-7-14-30-16-19(26)21(27)20(15-24)29-2/h3-5,9-10,19-21,26-27H,6-8,11-16H2,1-2H3/t19-,20-,21-/m0/s1. The lowest BCUT2D eigenvalue weighted by Gasteiger charge is -2.31. The fraction of sp³-hybridized carbons (Fsp3) is 0.636. The summed E-state index contributed by atoms with van der Waals surface area (Å²) in [7, 11) is 1.44. The lowest BCUT2D eigenvalue weighted by molar-refractivity contribution is -0.136. The number of rotatable bonds is 2. The van der Waals surface area contributed by atoms with Gasteiger partial charge in [-0.2, -0.15) is 0 Å². The van der Waals surface area contributed by atoms with E-state index in [9.17, 15) is 19.8 Å². The first-order valence-electron chi connectivity index (χ1n) is 10.5. The summed E-state index contributed by atoms with van der Waals surface area (Å²) < 4.78 is 10.8. The first kappa shape index (κ1) is 24.3. The molecule has 3 atom stereocenters. The Kier molecular flexibility index (Phi) is 10.2. The highest BCUT2D eigenvalue weighted by Crippen LogP contribution is 2.12. The molecule has 2 rings (SSSR count). The Morgan fingerprint density at radius 3 is 2.37 bits per heavy atom. The first-order chi connectivity index (χ1) is 14.4. The summed E-state index contributed by atoms with van der Waals surface area (Å²) in [4.78, 5) is 28.4. The maximum absolute atomic E-state index is 12.9. The second kappa shape index (κ2) is 12.6. The molecule has 168 valence electrons. The number of aliphatic hydroxyl groups excluding tert-OH is 2. The van der Waals surface area contributed by atoms with Crippen LogP contribution in [-0.2, 0) is 14.3 Å². The minimum absolute atomic E-state index is 0.0201. The Balaban J connectivity index is 2.11. The molecule has 0 saturated carbocycles. The van der Waals surface area contributed by atoms with Gasteiger partial charge in [0.25, 0.3) is 5.91 Å². The zero-order valence-electron chi connectivity index (χ0n) is 17.9. The summed E-state index contributed by atoms with van der Waals surface area (Å²) in [6, 6.07) is 9.16. The van der Waals surface area contributed by atoms with Gasteiger partial charge in [0, 0.05) is 52.4 Å². The van der Waals surface area contributed by atoms with Crippen LogP contribution in [-0.4, -0.2) is 96.6 Å². The van der Waals surface area contributed by atoms with E-state index in [1.807, 2.05) is 23.1 Å². The van der Waals surface area contributed by atoms with E-state index in [1.54, 1.807) is 17.0 Å². The van der Waals surface area contributed by atoms with Crippen LogP contribution in [0.2, 0.25) is 0 Å². The van der Waals surface area contributed by atoms with E-state index in [0.29, 0.717) is 38.2 Å². The number of amides is 2. The maximum atomic E-state index is 12.9. The molecule has 1 aromatic carbocycles. The van der Waals surface area contributed by atoms with Crippen LogP contribution in [0.3, 0.4) is 0 Å². The van der Waals surface area contributed by atoms with Crippen LogP contribution >= 0.6 is 0 Å². The second-order valence-electron chi connectivity index (χ2n) is 7.59. The molecule has 8 nitrogen and oxygen atoms in total. The van der Waals surface area contributed by atoms with Crippen molar-refractivity contribution in [2.24, 2.45) is 0 Å². The van der Waals surface area contributed by atoms with Gasteiger partial charge in [-0.25, -0.2) is 0 Å². The highest BCUT2D eigenvalue weighted by atomic mass is 16.5. The van der Waals surface area contributed by atoms with Crippen LogP contribution in [0.1, 0.15) is 36.5 Å². The molecule has 8 heteroatoms. The van der Waals surface area contributed by atoms with Gasteiger partial charge < -0.3 is 29.5 Å². The van der Waals surface area contributed by atoms with Crippen molar-refractivity contribution in [2.75, 3.05) is 46.5 Å². The van der Waals surface area contributed by atoms with Gasteiger partial charge in [0.05, 0.1) is 6.61 Å². The SMILES string of the molecule is CO[C@H]1CN(C(C)=O)CCCN(C(=O)c2ccccc2)CCCCOC[C@H](O)[C@@H]1O. The zero-order valence-corrected chi connectivity index (χ0v) is 17.9. The van der Waals surface area contributed by atoms with Crippen molar-refractivity contribution >= 4 is 11.8 Å². The quantitative estimate of drug-likeness (QED) is 0.735. The molecule has 0 spiro atoms.